The number of nitrogens with zero attached hydrogens (tertiary/aromatic N) is 1. The maximum atomic E-state index is 12.6. The SMILES string of the molecule is Cc1ccc([C@H]2COCCN2C(=O)N[C@H](C)COCC(C)C)o1. The Kier molecular flexibility index (Phi) is 6.47. The summed E-state index contributed by atoms with van der Waals surface area (Å²) < 4.78 is 16.8. The van der Waals surface area contributed by atoms with Crippen LogP contribution >= 0.6 is 0 Å². The fourth-order valence-corrected chi connectivity index (χ4v) is 2.53. The van der Waals surface area contributed by atoms with E-state index in [9.17, 15) is 4.79 Å². The van der Waals surface area contributed by atoms with Gasteiger partial charge in [0.05, 0.1) is 25.9 Å². The summed E-state index contributed by atoms with van der Waals surface area (Å²) in [7, 11) is 0. The summed E-state index contributed by atoms with van der Waals surface area (Å²) in [5.74, 6) is 2.09. The minimum atomic E-state index is -0.179. The van der Waals surface area contributed by atoms with Crippen LogP contribution in [0.25, 0.3) is 0 Å². The Hall–Kier alpha value is -1.53. The Labute approximate surface area is 138 Å². The molecule has 0 spiro atoms. The highest BCUT2D eigenvalue weighted by Gasteiger charge is 2.31. The molecule has 1 saturated heterocycles. The third-order valence-electron chi connectivity index (χ3n) is 3.67. The van der Waals surface area contributed by atoms with Gasteiger partial charge in [0, 0.05) is 13.2 Å². The third-order valence-corrected chi connectivity index (χ3v) is 3.67. The van der Waals surface area contributed by atoms with Gasteiger partial charge in [-0.05, 0) is 31.9 Å². The summed E-state index contributed by atoms with van der Waals surface area (Å²) in [6.07, 6.45) is 0. The molecule has 0 unspecified atom stereocenters. The van der Waals surface area contributed by atoms with Crippen molar-refractivity contribution in [3.05, 3.63) is 23.7 Å². The molecule has 2 rings (SSSR count). The van der Waals surface area contributed by atoms with Crippen LogP contribution in [-0.2, 0) is 9.47 Å². The van der Waals surface area contributed by atoms with Crippen LogP contribution in [-0.4, -0.2) is 49.9 Å². The van der Waals surface area contributed by atoms with Crippen molar-refractivity contribution in [3.8, 4) is 0 Å². The van der Waals surface area contributed by atoms with Gasteiger partial charge in [-0.1, -0.05) is 13.8 Å². The van der Waals surface area contributed by atoms with E-state index in [4.69, 9.17) is 13.9 Å². The highest BCUT2D eigenvalue weighted by Crippen LogP contribution is 2.25. The highest BCUT2D eigenvalue weighted by molar-refractivity contribution is 5.75. The van der Waals surface area contributed by atoms with Crippen LogP contribution in [0.5, 0.6) is 0 Å². The molecule has 1 aromatic rings. The van der Waals surface area contributed by atoms with Gasteiger partial charge in [0.2, 0.25) is 0 Å². The van der Waals surface area contributed by atoms with Crippen LogP contribution in [0.2, 0.25) is 0 Å². The summed E-state index contributed by atoms with van der Waals surface area (Å²) in [4.78, 5) is 14.3. The van der Waals surface area contributed by atoms with Gasteiger partial charge in [-0.25, -0.2) is 4.79 Å². The van der Waals surface area contributed by atoms with Gasteiger partial charge < -0.3 is 24.1 Å². The lowest BCUT2D eigenvalue weighted by atomic mass is 10.2. The van der Waals surface area contributed by atoms with Crippen molar-refractivity contribution in [2.24, 2.45) is 5.92 Å². The molecule has 0 saturated carbocycles. The number of hydrogen-bond donors (Lipinski definition) is 1. The molecule has 2 atom stereocenters. The largest absolute Gasteiger partial charge is 0.464 e. The summed E-state index contributed by atoms with van der Waals surface area (Å²) in [6.45, 7) is 10.8. The minimum absolute atomic E-state index is 0.0388. The Morgan fingerprint density at radius 1 is 1.39 bits per heavy atom. The van der Waals surface area contributed by atoms with E-state index < -0.39 is 0 Å². The second-order valence-electron chi connectivity index (χ2n) is 6.51. The monoisotopic (exact) mass is 324 g/mol. The van der Waals surface area contributed by atoms with Crippen LogP contribution in [0.4, 0.5) is 4.79 Å². The van der Waals surface area contributed by atoms with Crippen molar-refractivity contribution < 1.29 is 18.7 Å². The summed E-state index contributed by atoms with van der Waals surface area (Å²) >= 11 is 0. The number of aryl methyl sites for hydroxylation is 1. The van der Waals surface area contributed by atoms with Crippen LogP contribution < -0.4 is 5.32 Å². The molecule has 6 nitrogen and oxygen atoms in total. The predicted octanol–water partition coefficient (Wildman–Crippen LogP) is 2.73. The molecule has 1 aromatic heterocycles. The molecule has 0 bridgehead atoms. The maximum absolute atomic E-state index is 12.6. The lowest BCUT2D eigenvalue weighted by Gasteiger charge is -2.35. The first-order valence-corrected chi connectivity index (χ1v) is 8.26. The molecule has 0 aliphatic carbocycles. The number of rotatable bonds is 6. The molecule has 1 fully saturated rings. The first-order chi connectivity index (χ1) is 11.0. The van der Waals surface area contributed by atoms with E-state index in [1.807, 2.05) is 26.0 Å². The van der Waals surface area contributed by atoms with Gasteiger partial charge in [0.25, 0.3) is 0 Å². The maximum Gasteiger partial charge on any atom is 0.318 e. The van der Waals surface area contributed by atoms with Crippen molar-refractivity contribution in [2.45, 2.75) is 39.8 Å². The molecule has 2 heterocycles. The Morgan fingerprint density at radius 2 is 2.17 bits per heavy atom. The van der Waals surface area contributed by atoms with Gasteiger partial charge >= 0.3 is 6.03 Å². The number of nitrogens with one attached hydrogen (secondary N) is 1. The number of ether oxygens (including phenoxy) is 2. The van der Waals surface area contributed by atoms with Crippen molar-refractivity contribution in [1.82, 2.24) is 10.2 Å². The van der Waals surface area contributed by atoms with Crippen LogP contribution in [0.1, 0.15) is 38.3 Å². The van der Waals surface area contributed by atoms with Crippen LogP contribution in [0, 0.1) is 12.8 Å². The number of furan rings is 1. The van der Waals surface area contributed by atoms with Gasteiger partial charge in [-0.2, -0.15) is 0 Å². The first-order valence-electron chi connectivity index (χ1n) is 8.26. The Morgan fingerprint density at radius 3 is 2.83 bits per heavy atom. The second-order valence-corrected chi connectivity index (χ2v) is 6.51. The molecule has 1 aliphatic heterocycles. The normalized spacial score (nSPS) is 19.9. The Balaban J connectivity index is 1.90. The molecule has 0 aromatic carbocycles. The van der Waals surface area contributed by atoms with Crippen LogP contribution in [0.15, 0.2) is 16.5 Å². The lowest BCUT2D eigenvalue weighted by molar-refractivity contribution is 0.00256. The average molecular weight is 324 g/mol. The second kappa shape index (κ2) is 8.36. The number of hydrogen-bond acceptors (Lipinski definition) is 4. The molecular formula is C17H28N2O4. The van der Waals surface area contributed by atoms with Gasteiger partial charge in [-0.15, -0.1) is 0 Å². The zero-order chi connectivity index (χ0) is 16.8. The molecule has 6 heteroatoms. The number of urea groups is 1. The topological polar surface area (TPSA) is 63.9 Å². The summed E-state index contributed by atoms with van der Waals surface area (Å²) in [5, 5.41) is 2.99. The quantitative estimate of drug-likeness (QED) is 0.874. The number of amides is 2. The van der Waals surface area contributed by atoms with Crippen LogP contribution in [0.3, 0.4) is 0 Å². The average Bonchev–Trinajstić information content (AvgIpc) is 2.93. The number of carbonyl (C=O) groups excluding carboxylic acids is 1. The van der Waals surface area contributed by atoms with Crippen molar-refractivity contribution >= 4 is 6.03 Å². The fraction of sp³-hybridized carbons (Fsp3) is 0.706. The molecule has 23 heavy (non-hydrogen) atoms. The standard InChI is InChI=1S/C17H28N2O4/c1-12(2)9-22-10-13(3)18-17(20)19-7-8-21-11-15(19)16-6-5-14(4)23-16/h5-6,12-13,15H,7-11H2,1-4H3,(H,18,20)/t13-,15-/m1/s1. The molecule has 1 aliphatic rings. The van der Waals surface area contributed by atoms with Crippen molar-refractivity contribution in [1.29, 1.82) is 0 Å². The number of carbonyl (C=O) groups is 1. The third kappa shape index (κ3) is 5.25. The highest BCUT2D eigenvalue weighted by atomic mass is 16.5. The molecule has 2 amide bonds. The minimum Gasteiger partial charge on any atom is -0.464 e. The molecule has 130 valence electrons. The summed E-state index contributed by atoms with van der Waals surface area (Å²) in [6, 6.07) is 3.49. The van der Waals surface area contributed by atoms with Crippen molar-refractivity contribution in [2.75, 3.05) is 33.0 Å². The lowest BCUT2D eigenvalue weighted by Crippen LogP contribution is -2.50. The van der Waals surface area contributed by atoms with Gasteiger partial charge in [-0.3, -0.25) is 0 Å². The zero-order valence-electron chi connectivity index (χ0n) is 14.5. The van der Waals surface area contributed by atoms with Crippen molar-refractivity contribution in [3.63, 3.8) is 0 Å². The van der Waals surface area contributed by atoms with E-state index in [0.717, 1.165) is 11.5 Å². The van der Waals surface area contributed by atoms with Gasteiger partial charge in [0.15, 0.2) is 0 Å². The van der Waals surface area contributed by atoms with Gasteiger partial charge in [0.1, 0.15) is 17.6 Å². The van der Waals surface area contributed by atoms with E-state index in [1.54, 1.807) is 4.90 Å². The van der Waals surface area contributed by atoms with E-state index in [-0.39, 0.29) is 18.1 Å². The smallest absolute Gasteiger partial charge is 0.318 e. The molecule has 1 N–H and O–H groups in total. The first kappa shape index (κ1) is 17.8. The summed E-state index contributed by atoms with van der Waals surface area (Å²) in [5.41, 5.74) is 0. The fourth-order valence-electron chi connectivity index (χ4n) is 2.53. The van der Waals surface area contributed by atoms with E-state index >= 15 is 0 Å². The number of morpholine rings is 1. The molecule has 0 radical (unpaired) electrons. The van der Waals surface area contributed by atoms with E-state index in [0.29, 0.717) is 38.9 Å². The molecular weight excluding hydrogens is 296 g/mol. The Bertz CT molecular complexity index is 501. The predicted molar refractivity (Wildman–Crippen MR) is 87.4 cm³/mol. The zero-order valence-corrected chi connectivity index (χ0v) is 14.5. The van der Waals surface area contributed by atoms with E-state index in [2.05, 4.69) is 19.2 Å². The van der Waals surface area contributed by atoms with E-state index in [1.165, 1.54) is 0 Å².